The highest BCUT2D eigenvalue weighted by Gasteiger charge is 2.34. The quantitative estimate of drug-likeness (QED) is 0.872. The fourth-order valence-electron chi connectivity index (χ4n) is 1.88. The maximum Gasteiger partial charge on any atom is 0.245 e. The standard InChI is InChI=1S/C11H15BrN4O/c1-11(4-2-3-5-15-11)10(17)16-9-7-13-8(12)6-14-9/h6-7,15H,2-5H2,1H3,(H,14,16,17). The molecule has 5 nitrogen and oxygen atoms in total. The highest BCUT2D eigenvalue weighted by atomic mass is 79.9. The molecule has 6 heteroatoms. The normalized spacial score (nSPS) is 24.4. The number of nitrogens with zero attached hydrogens (tertiary/aromatic N) is 2. The first kappa shape index (κ1) is 12.4. The molecule has 2 heterocycles. The molecule has 0 saturated carbocycles. The number of carbonyl (C=O) groups excluding carboxylic acids is 1. The minimum atomic E-state index is -0.493. The Hall–Kier alpha value is -1.01. The Morgan fingerprint density at radius 2 is 2.29 bits per heavy atom. The molecule has 1 aliphatic heterocycles. The van der Waals surface area contributed by atoms with E-state index in [1.165, 1.54) is 6.20 Å². The largest absolute Gasteiger partial charge is 0.308 e. The molecule has 1 aliphatic rings. The Morgan fingerprint density at radius 1 is 1.47 bits per heavy atom. The molecule has 2 N–H and O–H groups in total. The van der Waals surface area contributed by atoms with Crippen molar-refractivity contribution in [3.8, 4) is 0 Å². The predicted octanol–water partition coefficient (Wildman–Crippen LogP) is 1.71. The van der Waals surface area contributed by atoms with Crippen LogP contribution in [0, 0.1) is 0 Å². The third-order valence-corrected chi connectivity index (χ3v) is 3.39. The second kappa shape index (κ2) is 5.10. The van der Waals surface area contributed by atoms with Crippen molar-refractivity contribution in [2.75, 3.05) is 11.9 Å². The summed E-state index contributed by atoms with van der Waals surface area (Å²) in [5.74, 6) is 0.431. The summed E-state index contributed by atoms with van der Waals surface area (Å²) in [4.78, 5) is 20.2. The fraction of sp³-hybridized carbons (Fsp3) is 0.545. The number of halogens is 1. The topological polar surface area (TPSA) is 66.9 Å². The minimum Gasteiger partial charge on any atom is -0.308 e. The lowest BCUT2D eigenvalue weighted by Crippen LogP contribution is -2.54. The lowest BCUT2D eigenvalue weighted by molar-refractivity contribution is -0.122. The van der Waals surface area contributed by atoms with Gasteiger partial charge in [-0.25, -0.2) is 9.97 Å². The van der Waals surface area contributed by atoms with E-state index in [2.05, 4.69) is 36.5 Å². The first-order chi connectivity index (χ1) is 8.10. The van der Waals surface area contributed by atoms with Gasteiger partial charge in [0.1, 0.15) is 4.60 Å². The van der Waals surface area contributed by atoms with E-state index in [0.29, 0.717) is 10.4 Å². The van der Waals surface area contributed by atoms with E-state index in [0.717, 1.165) is 25.8 Å². The number of hydrogen-bond acceptors (Lipinski definition) is 4. The summed E-state index contributed by atoms with van der Waals surface area (Å²) < 4.78 is 0.650. The maximum atomic E-state index is 12.1. The second-order valence-corrected chi connectivity index (χ2v) is 5.21. The monoisotopic (exact) mass is 298 g/mol. The van der Waals surface area contributed by atoms with Crippen molar-refractivity contribution in [2.45, 2.75) is 31.7 Å². The molecule has 1 unspecified atom stereocenters. The molecule has 1 fully saturated rings. The van der Waals surface area contributed by atoms with Gasteiger partial charge in [0.15, 0.2) is 5.82 Å². The van der Waals surface area contributed by atoms with Crippen LogP contribution in [0.2, 0.25) is 0 Å². The lowest BCUT2D eigenvalue weighted by Gasteiger charge is -2.33. The Labute approximate surface area is 109 Å². The Bertz CT molecular complexity index is 400. The van der Waals surface area contributed by atoms with Gasteiger partial charge < -0.3 is 10.6 Å². The van der Waals surface area contributed by atoms with Gasteiger partial charge in [0.05, 0.1) is 17.9 Å². The summed E-state index contributed by atoms with van der Waals surface area (Å²) in [6.45, 7) is 2.81. The van der Waals surface area contributed by atoms with Crippen LogP contribution in [0.25, 0.3) is 0 Å². The van der Waals surface area contributed by atoms with Crippen LogP contribution in [0.5, 0.6) is 0 Å². The van der Waals surface area contributed by atoms with E-state index in [1.807, 2.05) is 6.92 Å². The highest BCUT2D eigenvalue weighted by Crippen LogP contribution is 2.20. The summed E-state index contributed by atoms with van der Waals surface area (Å²) in [5.41, 5.74) is -0.493. The summed E-state index contributed by atoms with van der Waals surface area (Å²) in [5, 5.41) is 6.04. The number of amides is 1. The van der Waals surface area contributed by atoms with Crippen molar-refractivity contribution in [3.05, 3.63) is 17.0 Å². The zero-order chi connectivity index (χ0) is 12.3. The number of hydrogen-bond donors (Lipinski definition) is 2. The first-order valence-electron chi connectivity index (χ1n) is 5.64. The van der Waals surface area contributed by atoms with Crippen LogP contribution in [0.3, 0.4) is 0 Å². The number of piperidine rings is 1. The molecule has 0 aliphatic carbocycles. The summed E-state index contributed by atoms with van der Waals surface area (Å²) in [7, 11) is 0. The van der Waals surface area contributed by atoms with E-state index >= 15 is 0 Å². The van der Waals surface area contributed by atoms with Crippen LogP contribution in [0.15, 0.2) is 17.0 Å². The summed E-state index contributed by atoms with van der Waals surface area (Å²) >= 11 is 3.20. The van der Waals surface area contributed by atoms with Crippen molar-refractivity contribution in [1.82, 2.24) is 15.3 Å². The smallest absolute Gasteiger partial charge is 0.245 e. The molecule has 1 saturated heterocycles. The average Bonchev–Trinajstić information content (AvgIpc) is 2.33. The zero-order valence-electron chi connectivity index (χ0n) is 9.66. The average molecular weight is 299 g/mol. The molecular formula is C11H15BrN4O. The van der Waals surface area contributed by atoms with E-state index in [-0.39, 0.29) is 5.91 Å². The molecule has 1 aromatic heterocycles. The number of anilines is 1. The summed E-state index contributed by atoms with van der Waals surface area (Å²) in [6.07, 6.45) is 6.15. The van der Waals surface area contributed by atoms with Crippen LogP contribution >= 0.6 is 15.9 Å². The Morgan fingerprint density at radius 3 is 2.88 bits per heavy atom. The van der Waals surface area contributed by atoms with Crippen molar-refractivity contribution in [2.24, 2.45) is 0 Å². The molecule has 1 amide bonds. The number of carbonyl (C=O) groups is 1. The van der Waals surface area contributed by atoms with Crippen molar-refractivity contribution in [3.63, 3.8) is 0 Å². The summed E-state index contributed by atoms with van der Waals surface area (Å²) in [6, 6.07) is 0. The van der Waals surface area contributed by atoms with E-state index in [9.17, 15) is 4.79 Å². The van der Waals surface area contributed by atoms with E-state index in [1.54, 1.807) is 6.20 Å². The van der Waals surface area contributed by atoms with Crippen LogP contribution in [-0.2, 0) is 4.79 Å². The minimum absolute atomic E-state index is 0.0474. The fourth-order valence-corrected chi connectivity index (χ4v) is 2.09. The van der Waals surface area contributed by atoms with Gasteiger partial charge in [-0.3, -0.25) is 4.79 Å². The van der Waals surface area contributed by atoms with Gasteiger partial charge in [-0.15, -0.1) is 0 Å². The van der Waals surface area contributed by atoms with Crippen molar-refractivity contribution < 1.29 is 4.79 Å². The van der Waals surface area contributed by atoms with Crippen LogP contribution in [0.4, 0.5) is 5.82 Å². The number of nitrogens with one attached hydrogen (secondary N) is 2. The second-order valence-electron chi connectivity index (χ2n) is 4.39. The lowest BCUT2D eigenvalue weighted by atomic mass is 9.90. The van der Waals surface area contributed by atoms with Gasteiger partial charge in [0.25, 0.3) is 0 Å². The Kier molecular flexibility index (Phi) is 3.73. The molecule has 2 rings (SSSR count). The highest BCUT2D eigenvalue weighted by molar-refractivity contribution is 9.10. The van der Waals surface area contributed by atoms with E-state index in [4.69, 9.17) is 0 Å². The van der Waals surface area contributed by atoms with Crippen LogP contribution < -0.4 is 10.6 Å². The number of rotatable bonds is 2. The molecule has 0 bridgehead atoms. The van der Waals surface area contributed by atoms with Crippen LogP contribution in [0.1, 0.15) is 26.2 Å². The van der Waals surface area contributed by atoms with Crippen molar-refractivity contribution in [1.29, 1.82) is 0 Å². The first-order valence-corrected chi connectivity index (χ1v) is 6.43. The zero-order valence-corrected chi connectivity index (χ0v) is 11.2. The molecule has 0 spiro atoms. The molecule has 1 aromatic rings. The predicted molar refractivity (Wildman–Crippen MR) is 68.6 cm³/mol. The molecule has 1 atom stereocenters. The van der Waals surface area contributed by atoms with Gasteiger partial charge in [0.2, 0.25) is 5.91 Å². The van der Waals surface area contributed by atoms with Gasteiger partial charge in [-0.05, 0) is 48.7 Å². The van der Waals surface area contributed by atoms with Gasteiger partial charge in [-0.2, -0.15) is 0 Å². The van der Waals surface area contributed by atoms with Gasteiger partial charge in [0, 0.05) is 0 Å². The molecule has 0 aromatic carbocycles. The molecule has 0 radical (unpaired) electrons. The maximum absolute atomic E-state index is 12.1. The van der Waals surface area contributed by atoms with Crippen molar-refractivity contribution >= 4 is 27.7 Å². The molecule has 92 valence electrons. The van der Waals surface area contributed by atoms with Crippen LogP contribution in [-0.4, -0.2) is 28.0 Å². The third kappa shape index (κ3) is 3.01. The SMILES string of the molecule is CC1(C(=O)Nc2cnc(Br)cn2)CCCCN1. The third-order valence-electron chi connectivity index (χ3n) is 2.98. The molecular weight excluding hydrogens is 284 g/mol. The van der Waals surface area contributed by atoms with E-state index < -0.39 is 5.54 Å². The number of aromatic nitrogens is 2. The van der Waals surface area contributed by atoms with Gasteiger partial charge in [-0.1, -0.05) is 0 Å². The molecule has 17 heavy (non-hydrogen) atoms. The Balaban J connectivity index is 2.03. The van der Waals surface area contributed by atoms with Gasteiger partial charge >= 0.3 is 0 Å².